The maximum Gasteiger partial charge on any atom is 0.261 e. The lowest BCUT2D eigenvalue weighted by Crippen LogP contribution is -2.24. The molecule has 1 aliphatic heterocycles. The third-order valence-electron chi connectivity index (χ3n) is 4.88. The van der Waals surface area contributed by atoms with Gasteiger partial charge in [-0.05, 0) is 42.8 Å². The van der Waals surface area contributed by atoms with Crippen LogP contribution in [0.15, 0.2) is 58.1 Å². The summed E-state index contributed by atoms with van der Waals surface area (Å²) in [6, 6.07) is 12.6. The average Bonchev–Trinajstić information content (AvgIpc) is 3.14. The fraction of sp³-hybridized carbons (Fsp3) is 0.238. The monoisotopic (exact) mass is 454 g/mol. The Kier molecular flexibility index (Phi) is 5.44. The fourth-order valence-electron chi connectivity index (χ4n) is 3.41. The molecular formula is C21H19BrN4O3. The quantitative estimate of drug-likeness (QED) is 0.640. The van der Waals surface area contributed by atoms with Crippen LogP contribution in [0.1, 0.15) is 19.3 Å². The smallest absolute Gasteiger partial charge is 0.261 e. The van der Waals surface area contributed by atoms with Crippen molar-refractivity contribution in [2.75, 3.05) is 16.8 Å². The highest BCUT2D eigenvalue weighted by atomic mass is 79.9. The molecule has 0 unspecified atom stereocenters. The van der Waals surface area contributed by atoms with E-state index in [-0.39, 0.29) is 30.3 Å². The van der Waals surface area contributed by atoms with Gasteiger partial charge in [-0.3, -0.25) is 19.0 Å². The van der Waals surface area contributed by atoms with Gasteiger partial charge in [0.05, 0.1) is 17.2 Å². The van der Waals surface area contributed by atoms with Gasteiger partial charge in [-0.15, -0.1) is 0 Å². The number of nitrogens with zero attached hydrogens (tertiary/aromatic N) is 3. The zero-order valence-electron chi connectivity index (χ0n) is 15.6. The highest BCUT2D eigenvalue weighted by Crippen LogP contribution is 2.24. The van der Waals surface area contributed by atoms with Crippen molar-refractivity contribution in [3.05, 3.63) is 63.6 Å². The number of aromatic nitrogens is 2. The Bertz CT molecular complexity index is 1160. The summed E-state index contributed by atoms with van der Waals surface area (Å²) in [5.74, 6) is -0.112. The van der Waals surface area contributed by atoms with Crippen molar-refractivity contribution in [2.45, 2.75) is 25.8 Å². The van der Waals surface area contributed by atoms with Gasteiger partial charge >= 0.3 is 0 Å². The van der Waals surface area contributed by atoms with Crippen LogP contribution in [0.5, 0.6) is 0 Å². The van der Waals surface area contributed by atoms with Crippen LogP contribution in [0.2, 0.25) is 0 Å². The Balaban J connectivity index is 1.43. The van der Waals surface area contributed by atoms with E-state index in [2.05, 4.69) is 26.2 Å². The van der Waals surface area contributed by atoms with E-state index < -0.39 is 0 Å². The van der Waals surface area contributed by atoms with Gasteiger partial charge in [0.1, 0.15) is 0 Å². The molecule has 3 aromatic rings. The molecule has 7 nitrogen and oxygen atoms in total. The van der Waals surface area contributed by atoms with Gasteiger partial charge in [0.2, 0.25) is 11.8 Å². The van der Waals surface area contributed by atoms with Gasteiger partial charge in [0.15, 0.2) is 0 Å². The van der Waals surface area contributed by atoms with Gasteiger partial charge in [0, 0.05) is 41.8 Å². The van der Waals surface area contributed by atoms with Gasteiger partial charge in [-0.2, -0.15) is 0 Å². The summed E-state index contributed by atoms with van der Waals surface area (Å²) in [7, 11) is 0. The Morgan fingerprint density at radius 1 is 1.17 bits per heavy atom. The molecule has 2 heterocycles. The summed E-state index contributed by atoms with van der Waals surface area (Å²) in [4.78, 5) is 42.9. The molecule has 0 saturated carbocycles. The number of anilines is 2. The van der Waals surface area contributed by atoms with Gasteiger partial charge in [-0.25, -0.2) is 4.98 Å². The highest BCUT2D eigenvalue weighted by Gasteiger charge is 2.21. The van der Waals surface area contributed by atoms with Gasteiger partial charge in [-0.1, -0.05) is 22.0 Å². The number of hydrogen-bond acceptors (Lipinski definition) is 4. The summed E-state index contributed by atoms with van der Waals surface area (Å²) in [6.07, 6.45) is 3.00. The van der Waals surface area contributed by atoms with E-state index in [0.717, 1.165) is 16.6 Å². The summed E-state index contributed by atoms with van der Waals surface area (Å²) < 4.78 is 2.24. The number of halogens is 1. The van der Waals surface area contributed by atoms with Crippen molar-refractivity contribution in [1.82, 2.24) is 9.55 Å². The number of fused-ring (bicyclic) bond motifs is 1. The van der Waals surface area contributed by atoms with E-state index in [4.69, 9.17) is 0 Å². The van der Waals surface area contributed by atoms with Crippen LogP contribution in [0, 0.1) is 0 Å². The lowest BCUT2D eigenvalue weighted by Gasteiger charge is -2.16. The Labute approximate surface area is 175 Å². The normalized spacial score (nSPS) is 13.8. The topological polar surface area (TPSA) is 84.3 Å². The first-order valence-electron chi connectivity index (χ1n) is 9.36. The molecule has 148 valence electrons. The largest absolute Gasteiger partial charge is 0.326 e. The van der Waals surface area contributed by atoms with Crippen molar-refractivity contribution in [3.63, 3.8) is 0 Å². The van der Waals surface area contributed by atoms with Gasteiger partial charge < -0.3 is 10.2 Å². The molecule has 1 saturated heterocycles. The summed E-state index contributed by atoms with van der Waals surface area (Å²) in [5.41, 5.74) is 1.84. The van der Waals surface area contributed by atoms with E-state index >= 15 is 0 Å². The zero-order valence-corrected chi connectivity index (χ0v) is 17.2. The first-order valence-corrected chi connectivity index (χ1v) is 10.2. The number of hydrogen-bond donors (Lipinski definition) is 1. The van der Waals surface area contributed by atoms with Crippen LogP contribution in [0.4, 0.5) is 11.4 Å². The summed E-state index contributed by atoms with van der Waals surface area (Å²) in [6.45, 7) is 0.925. The van der Waals surface area contributed by atoms with Crippen molar-refractivity contribution in [2.24, 2.45) is 0 Å². The first kappa shape index (κ1) is 19.3. The lowest BCUT2D eigenvalue weighted by molar-refractivity contribution is -0.117. The number of nitrogens with one attached hydrogen (secondary N) is 1. The molecule has 1 fully saturated rings. The minimum atomic E-state index is -0.212. The third-order valence-corrected chi connectivity index (χ3v) is 5.37. The number of carbonyl (C=O) groups excluding carboxylic acids is 2. The van der Waals surface area contributed by atoms with Crippen LogP contribution in [0.25, 0.3) is 10.9 Å². The van der Waals surface area contributed by atoms with E-state index in [1.807, 2.05) is 18.2 Å². The van der Waals surface area contributed by atoms with Crippen LogP contribution in [-0.2, 0) is 16.1 Å². The minimum Gasteiger partial charge on any atom is -0.326 e. The maximum atomic E-state index is 12.6. The van der Waals surface area contributed by atoms with Crippen molar-refractivity contribution >= 4 is 50.0 Å². The molecule has 0 spiro atoms. The molecule has 0 bridgehead atoms. The number of rotatable bonds is 5. The predicted molar refractivity (Wildman–Crippen MR) is 115 cm³/mol. The van der Waals surface area contributed by atoms with E-state index in [1.54, 1.807) is 29.2 Å². The third kappa shape index (κ3) is 4.22. The van der Waals surface area contributed by atoms with E-state index in [0.29, 0.717) is 29.6 Å². The Morgan fingerprint density at radius 2 is 2.03 bits per heavy atom. The average molecular weight is 455 g/mol. The van der Waals surface area contributed by atoms with Gasteiger partial charge in [0.25, 0.3) is 5.56 Å². The maximum absolute atomic E-state index is 12.6. The van der Waals surface area contributed by atoms with Crippen LogP contribution in [-0.4, -0.2) is 27.9 Å². The molecule has 29 heavy (non-hydrogen) atoms. The molecule has 1 aromatic heterocycles. The molecule has 2 aromatic carbocycles. The minimum absolute atomic E-state index is 0.100. The number of carbonyl (C=O) groups is 2. The number of aryl methyl sites for hydroxylation is 1. The highest BCUT2D eigenvalue weighted by molar-refractivity contribution is 9.10. The molecule has 1 aliphatic rings. The van der Waals surface area contributed by atoms with Crippen LogP contribution >= 0.6 is 15.9 Å². The van der Waals surface area contributed by atoms with Crippen LogP contribution in [0.3, 0.4) is 0 Å². The van der Waals surface area contributed by atoms with Crippen molar-refractivity contribution < 1.29 is 9.59 Å². The number of amides is 2. The van der Waals surface area contributed by atoms with Crippen molar-refractivity contribution in [3.8, 4) is 0 Å². The first-order chi connectivity index (χ1) is 14.0. The lowest BCUT2D eigenvalue weighted by atomic mass is 10.2. The summed E-state index contributed by atoms with van der Waals surface area (Å²) >= 11 is 3.36. The summed E-state index contributed by atoms with van der Waals surface area (Å²) in [5, 5.41) is 3.34. The molecule has 0 aliphatic carbocycles. The Morgan fingerprint density at radius 3 is 2.83 bits per heavy atom. The fourth-order valence-corrected chi connectivity index (χ4v) is 3.77. The molecular weight excluding hydrogens is 436 g/mol. The predicted octanol–water partition coefficient (Wildman–Crippen LogP) is 3.31. The zero-order chi connectivity index (χ0) is 20.4. The SMILES string of the molecule is O=C(CCn1cnc2ccc(Br)cc2c1=O)Nc1cccc(N2CCCC2=O)c1. The molecule has 8 heteroatoms. The molecule has 0 atom stereocenters. The molecule has 1 N–H and O–H groups in total. The van der Waals surface area contributed by atoms with Crippen LogP contribution < -0.4 is 15.8 Å². The second kappa shape index (κ2) is 8.16. The number of benzene rings is 2. The molecule has 4 rings (SSSR count). The van der Waals surface area contributed by atoms with E-state index in [9.17, 15) is 14.4 Å². The standard InChI is InChI=1S/C21H19BrN4O3/c22-14-6-7-18-17(11-14)21(29)25(13-23-18)10-8-19(27)24-15-3-1-4-16(12-15)26-9-2-5-20(26)28/h1,3-4,6-7,11-13H,2,5,8-10H2,(H,24,27). The molecule has 0 radical (unpaired) electrons. The second-order valence-electron chi connectivity index (χ2n) is 6.90. The van der Waals surface area contributed by atoms with E-state index in [1.165, 1.54) is 10.9 Å². The second-order valence-corrected chi connectivity index (χ2v) is 7.82. The molecule has 2 amide bonds. The van der Waals surface area contributed by atoms with Crippen molar-refractivity contribution in [1.29, 1.82) is 0 Å². The Hall–Kier alpha value is -3.00.